The van der Waals surface area contributed by atoms with Crippen LogP contribution in [-0.2, 0) is 0 Å². The molecule has 1 rings (SSSR count). The van der Waals surface area contributed by atoms with Crippen molar-refractivity contribution in [3.05, 3.63) is 11.6 Å². The van der Waals surface area contributed by atoms with E-state index in [0.29, 0.717) is 5.95 Å². The average molecular weight is 216 g/mol. The maximum Gasteiger partial charge on any atom is 0.244 e. The molecule has 0 radical (unpaired) electrons. The highest BCUT2D eigenvalue weighted by atomic mass is 35.5. The van der Waals surface area contributed by atoms with Crippen LogP contribution in [-0.4, -0.2) is 27.5 Å². The molecule has 5 nitrogen and oxygen atoms in total. The Hall–Kier alpha value is -0.940. The van der Waals surface area contributed by atoms with Crippen LogP contribution in [0, 0.1) is 0 Å². The Labute approximate surface area is 88.5 Å². The second kappa shape index (κ2) is 5.07. The first-order valence-corrected chi connectivity index (χ1v) is 4.90. The summed E-state index contributed by atoms with van der Waals surface area (Å²) < 4.78 is 0. The summed E-state index contributed by atoms with van der Waals surface area (Å²) in [6, 6.07) is 0.258. The van der Waals surface area contributed by atoms with E-state index in [1.54, 1.807) is 0 Å². The van der Waals surface area contributed by atoms with E-state index in [9.17, 15) is 0 Å². The second-order valence-electron chi connectivity index (χ2n) is 3.03. The van der Waals surface area contributed by atoms with Gasteiger partial charge < -0.3 is 0 Å². The van der Waals surface area contributed by atoms with Crippen molar-refractivity contribution in [3.63, 3.8) is 0 Å². The van der Waals surface area contributed by atoms with E-state index in [4.69, 9.17) is 11.6 Å². The highest BCUT2D eigenvalue weighted by molar-refractivity contribution is 6.28. The fourth-order valence-corrected chi connectivity index (χ4v) is 1.16. The minimum Gasteiger partial charge on any atom is -0.273 e. The fraction of sp³-hybridized carbons (Fsp3) is 0.625. The Morgan fingerprint density at radius 3 is 2.71 bits per heavy atom. The molecule has 1 N–H and O–H groups in total. The maximum absolute atomic E-state index is 5.68. The number of nitrogens with zero attached hydrogens (tertiary/aromatic N) is 4. The van der Waals surface area contributed by atoms with Crippen LogP contribution in [0.4, 0.5) is 5.95 Å². The van der Waals surface area contributed by atoms with Crippen molar-refractivity contribution in [1.29, 1.82) is 0 Å². The SMILES string of the molecule is CCNN(c1ncnc(Cl)n1)C(C)C. The van der Waals surface area contributed by atoms with Crippen molar-refractivity contribution >= 4 is 17.5 Å². The lowest BCUT2D eigenvalue weighted by molar-refractivity contribution is 0.561. The zero-order valence-corrected chi connectivity index (χ0v) is 9.28. The lowest BCUT2D eigenvalue weighted by Crippen LogP contribution is -2.44. The molecule has 1 aromatic rings. The lowest BCUT2D eigenvalue weighted by atomic mass is 10.4. The second-order valence-corrected chi connectivity index (χ2v) is 3.37. The van der Waals surface area contributed by atoms with Gasteiger partial charge in [-0.15, -0.1) is 0 Å². The minimum absolute atomic E-state index is 0.207. The number of hydrazine groups is 1. The maximum atomic E-state index is 5.68. The van der Waals surface area contributed by atoms with Crippen LogP contribution in [0.5, 0.6) is 0 Å². The van der Waals surface area contributed by atoms with Gasteiger partial charge in [-0.05, 0) is 25.4 Å². The summed E-state index contributed by atoms with van der Waals surface area (Å²) in [5, 5.41) is 2.06. The van der Waals surface area contributed by atoms with Gasteiger partial charge in [-0.2, -0.15) is 9.97 Å². The predicted molar refractivity (Wildman–Crippen MR) is 56.1 cm³/mol. The molecular formula is C8H14ClN5. The molecule has 1 aromatic heterocycles. The van der Waals surface area contributed by atoms with E-state index >= 15 is 0 Å². The van der Waals surface area contributed by atoms with E-state index in [2.05, 4.69) is 20.4 Å². The quantitative estimate of drug-likeness (QED) is 0.767. The molecule has 0 spiro atoms. The van der Waals surface area contributed by atoms with Gasteiger partial charge >= 0.3 is 0 Å². The van der Waals surface area contributed by atoms with Crippen molar-refractivity contribution in [2.45, 2.75) is 26.8 Å². The largest absolute Gasteiger partial charge is 0.273 e. The van der Waals surface area contributed by atoms with E-state index < -0.39 is 0 Å². The third-order valence-corrected chi connectivity index (χ3v) is 1.77. The molecule has 0 aliphatic heterocycles. The van der Waals surface area contributed by atoms with E-state index in [1.807, 2.05) is 25.8 Å². The summed E-state index contributed by atoms with van der Waals surface area (Å²) in [6.07, 6.45) is 1.40. The zero-order valence-electron chi connectivity index (χ0n) is 8.53. The number of hydrogen-bond donors (Lipinski definition) is 1. The molecule has 1 heterocycles. The highest BCUT2D eigenvalue weighted by Gasteiger charge is 2.12. The topological polar surface area (TPSA) is 53.9 Å². The van der Waals surface area contributed by atoms with Gasteiger partial charge in [0.15, 0.2) is 0 Å². The van der Waals surface area contributed by atoms with Gasteiger partial charge in [-0.25, -0.2) is 10.4 Å². The standard InChI is InChI=1S/C8H14ClN5/c1-4-12-14(6(2)3)8-11-5-10-7(9)13-8/h5-6,12H,4H2,1-3H3. The number of nitrogens with one attached hydrogen (secondary N) is 1. The third-order valence-electron chi connectivity index (χ3n) is 1.59. The van der Waals surface area contributed by atoms with E-state index in [0.717, 1.165) is 6.54 Å². The van der Waals surface area contributed by atoms with Crippen LogP contribution in [0.25, 0.3) is 0 Å². The molecule has 0 aliphatic rings. The zero-order chi connectivity index (χ0) is 10.6. The van der Waals surface area contributed by atoms with Gasteiger partial charge in [0.2, 0.25) is 11.2 Å². The molecule has 0 bridgehead atoms. The Morgan fingerprint density at radius 2 is 2.21 bits per heavy atom. The molecular weight excluding hydrogens is 202 g/mol. The molecule has 6 heteroatoms. The van der Waals surface area contributed by atoms with Gasteiger partial charge in [0.05, 0.1) is 0 Å². The molecule has 0 atom stereocenters. The molecule has 0 saturated heterocycles. The minimum atomic E-state index is 0.207. The Balaban J connectivity index is 2.87. The summed E-state index contributed by atoms with van der Waals surface area (Å²) in [6.45, 7) is 6.90. The summed E-state index contributed by atoms with van der Waals surface area (Å²) >= 11 is 5.68. The average Bonchev–Trinajstić information content (AvgIpc) is 2.13. The number of halogens is 1. The fourth-order valence-electron chi connectivity index (χ4n) is 1.04. The van der Waals surface area contributed by atoms with Gasteiger partial charge in [0.25, 0.3) is 0 Å². The van der Waals surface area contributed by atoms with Crippen LogP contribution in [0.3, 0.4) is 0 Å². The molecule has 0 unspecified atom stereocenters. The molecule has 14 heavy (non-hydrogen) atoms. The van der Waals surface area contributed by atoms with Gasteiger partial charge in [0.1, 0.15) is 6.33 Å². The Kier molecular flexibility index (Phi) is 4.03. The van der Waals surface area contributed by atoms with Crippen molar-refractivity contribution in [3.8, 4) is 0 Å². The molecule has 0 aromatic carbocycles. The predicted octanol–water partition coefficient (Wildman–Crippen LogP) is 1.26. The number of anilines is 1. The molecule has 0 aliphatic carbocycles. The number of hydrogen-bond acceptors (Lipinski definition) is 5. The van der Waals surface area contributed by atoms with Crippen molar-refractivity contribution in [1.82, 2.24) is 20.4 Å². The Bertz CT molecular complexity index is 291. The van der Waals surface area contributed by atoms with Crippen LogP contribution in [0.2, 0.25) is 5.28 Å². The summed E-state index contributed by atoms with van der Waals surface area (Å²) in [4.78, 5) is 11.8. The lowest BCUT2D eigenvalue weighted by Gasteiger charge is -2.26. The summed E-state index contributed by atoms with van der Waals surface area (Å²) in [5.74, 6) is 0.543. The number of rotatable bonds is 4. The van der Waals surface area contributed by atoms with Crippen LogP contribution < -0.4 is 10.4 Å². The first-order valence-electron chi connectivity index (χ1n) is 4.52. The van der Waals surface area contributed by atoms with Crippen LogP contribution in [0.15, 0.2) is 6.33 Å². The molecule has 0 fully saturated rings. The molecule has 0 saturated carbocycles. The third kappa shape index (κ3) is 2.78. The Morgan fingerprint density at radius 1 is 1.50 bits per heavy atom. The van der Waals surface area contributed by atoms with Crippen molar-refractivity contribution in [2.24, 2.45) is 0 Å². The normalized spacial score (nSPS) is 10.6. The van der Waals surface area contributed by atoms with Crippen LogP contribution in [0.1, 0.15) is 20.8 Å². The number of aromatic nitrogens is 3. The molecule has 0 amide bonds. The van der Waals surface area contributed by atoms with Crippen LogP contribution >= 0.6 is 11.6 Å². The van der Waals surface area contributed by atoms with E-state index in [1.165, 1.54) is 6.33 Å². The first kappa shape index (κ1) is 11.1. The first-order chi connectivity index (χ1) is 6.65. The molecule has 78 valence electrons. The van der Waals surface area contributed by atoms with Gasteiger partial charge in [-0.3, -0.25) is 5.01 Å². The van der Waals surface area contributed by atoms with Crippen molar-refractivity contribution < 1.29 is 0 Å². The van der Waals surface area contributed by atoms with Crippen molar-refractivity contribution in [2.75, 3.05) is 11.6 Å². The van der Waals surface area contributed by atoms with E-state index in [-0.39, 0.29) is 11.3 Å². The summed E-state index contributed by atoms with van der Waals surface area (Å²) in [7, 11) is 0. The van der Waals surface area contributed by atoms with Gasteiger partial charge in [-0.1, -0.05) is 6.92 Å². The smallest absolute Gasteiger partial charge is 0.244 e. The summed E-state index contributed by atoms with van der Waals surface area (Å²) in [5.41, 5.74) is 3.15. The van der Waals surface area contributed by atoms with Gasteiger partial charge in [0, 0.05) is 12.6 Å². The monoisotopic (exact) mass is 215 g/mol. The highest BCUT2D eigenvalue weighted by Crippen LogP contribution is 2.09.